The van der Waals surface area contributed by atoms with Crippen LogP contribution in [-0.2, 0) is 13.0 Å². The number of aromatic nitrogens is 3. The van der Waals surface area contributed by atoms with E-state index in [1.165, 1.54) is 16.7 Å². The Hall–Kier alpha value is -3.91. The highest BCUT2D eigenvalue weighted by Gasteiger charge is 2.28. The Morgan fingerprint density at radius 3 is 2.73 bits per heavy atom. The molecule has 0 radical (unpaired) electrons. The van der Waals surface area contributed by atoms with Crippen molar-refractivity contribution in [2.24, 2.45) is 0 Å². The Labute approximate surface area is 216 Å². The van der Waals surface area contributed by atoms with Gasteiger partial charge in [-0.2, -0.15) is 0 Å². The molecule has 2 aromatic carbocycles. The minimum atomic E-state index is -0.221. The molecule has 0 unspecified atom stereocenters. The van der Waals surface area contributed by atoms with Crippen LogP contribution in [0.1, 0.15) is 39.5 Å². The van der Waals surface area contributed by atoms with Crippen molar-refractivity contribution in [1.82, 2.24) is 24.8 Å². The first-order valence-electron chi connectivity index (χ1n) is 12.7. The van der Waals surface area contributed by atoms with E-state index in [0.29, 0.717) is 35.6 Å². The number of likely N-dealkylation sites (N-methyl/N-ethyl adjacent to an activating group) is 1. The number of carbonyl (C=O) groups excluding carboxylic acids is 1. The molecule has 1 aliphatic rings. The maximum Gasteiger partial charge on any atom is 0.261 e. The highest BCUT2D eigenvalue weighted by molar-refractivity contribution is 6.02. The number of carbonyl (C=O) groups is 1. The van der Waals surface area contributed by atoms with Crippen LogP contribution in [-0.4, -0.2) is 63.9 Å². The van der Waals surface area contributed by atoms with Gasteiger partial charge >= 0.3 is 0 Å². The molecule has 3 heterocycles. The molecule has 1 aliphatic heterocycles. The molecular weight excluding hydrogens is 464 g/mol. The van der Waals surface area contributed by atoms with Gasteiger partial charge in [0, 0.05) is 37.4 Å². The zero-order chi connectivity index (χ0) is 26.3. The lowest BCUT2D eigenvalue weighted by Crippen LogP contribution is -2.31. The summed E-state index contributed by atoms with van der Waals surface area (Å²) in [6.07, 6.45) is 2.48. The van der Waals surface area contributed by atoms with Gasteiger partial charge in [-0.15, -0.1) is 0 Å². The van der Waals surface area contributed by atoms with Gasteiger partial charge in [-0.3, -0.25) is 9.59 Å². The Morgan fingerprint density at radius 1 is 1.14 bits per heavy atom. The summed E-state index contributed by atoms with van der Waals surface area (Å²) in [4.78, 5) is 40.7. The lowest BCUT2D eigenvalue weighted by Gasteiger charge is -2.18. The molecule has 0 spiro atoms. The number of hydrogen-bond donors (Lipinski definition) is 3. The van der Waals surface area contributed by atoms with Crippen molar-refractivity contribution < 1.29 is 4.79 Å². The van der Waals surface area contributed by atoms with E-state index in [4.69, 9.17) is 4.98 Å². The Kier molecular flexibility index (Phi) is 6.60. The molecule has 8 heteroatoms. The largest absolute Gasteiger partial charge is 0.381 e. The molecule has 0 saturated heterocycles. The summed E-state index contributed by atoms with van der Waals surface area (Å²) in [6.45, 7) is 8.42. The second-order valence-electron chi connectivity index (χ2n) is 10.4. The number of fused-ring (bicyclic) bond motifs is 2. The minimum Gasteiger partial charge on any atom is -0.381 e. The number of rotatable bonds is 8. The summed E-state index contributed by atoms with van der Waals surface area (Å²) < 4.78 is 0. The fourth-order valence-electron chi connectivity index (χ4n) is 5.00. The van der Waals surface area contributed by atoms with Crippen LogP contribution in [0.15, 0.2) is 47.4 Å². The lowest BCUT2D eigenvalue weighted by molar-refractivity contribution is 0.0768. The number of benzene rings is 2. The summed E-state index contributed by atoms with van der Waals surface area (Å²) in [7, 11) is 4.00. The van der Waals surface area contributed by atoms with Gasteiger partial charge in [0.15, 0.2) is 0 Å². The van der Waals surface area contributed by atoms with E-state index in [-0.39, 0.29) is 17.5 Å². The molecular formula is C29H34N6O2. The number of anilines is 1. The van der Waals surface area contributed by atoms with Gasteiger partial charge in [0.25, 0.3) is 11.5 Å². The van der Waals surface area contributed by atoms with Crippen molar-refractivity contribution in [3.8, 4) is 11.4 Å². The monoisotopic (exact) mass is 498 g/mol. The first kappa shape index (κ1) is 24.8. The van der Waals surface area contributed by atoms with E-state index in [2.05, 4.69) is 59.2 Å². The number of pyridine rings is 1. The molecule has 37 heavy (non-hydrogen) atoms. The molecule has 0 bridgehead atoms. The average Bonchev–Trinajstić information content (AvgIpc) is 3.38. The Balaban J connectivity index is 1.42. The average molecular weight is 499 g/mol. The maximum atomic E-state index is 13.0. The van der Waals surface area contributed by atoms with Gasteiger partial charge in [0.2, 0.25) is 0 Å². The van der Waals surface area contributed by atoms with E-state index in [9.17, 15) is 9.59 Å². The molecule has 2 aromatic heterocycles. The highest BCUT2D eigenvalue weighted by Crippen LogP contribution is 2.30. The van der Waals surface area contributed by atoms with Crippen LogP contribution < -0.4 is 10.9 Å². The van der Waals surface area contributed by atoms with Crippen LogP contribution in [0.5, 0.6) is 0 Å². The summed E-state index contributed by atoms with van der Waals surface area (Å²) >= 11 is 0. The first-order valence-corrected chi connectivity index (χ1v) is 12.7. The summed E-state index contributed by atoms with van der Waals surface area (Å²) in [5.74, 6) is 0.516. The van der Waals surface area contributed by atoms with E-state index in [1.807, 2.05) is 37.2 Å². The maximum absolute atomic E-state index is 13.0. The van der Waals surface area contributed by atoms with E-state index < -0.39 is 0 Å². The molecule has 1 amide bonds. The van der Waals surface area contributed by atoms with Gasteiger partial charge < -0.3 is 25.1 Å². The van der Waals surface area contributed by atoms with Crippen molar-refractivity contribution in [1.29, 1.82) is 0 Å². The van der Waals surface area contributed by atoms with Crippen molar-refractivity contribution in [2.75, 3.05) is 32.5 Å². The number of hydrogen-bond acceptors (Lipinski definition) is 5. The number of nitrogens with zero attached hydrogens (tertiary/aromatic N) is 3. The van der Waals surface area contributed by atoms with Crippen LogP contribution in [0.4, 0.5) is 5.69 Å². The molecule has 0 saturated carbocycles. The molecule has 4 aromatic rings. The second-order valence-corrected chi connectivity index (χ2v) is 10.4. The first-order chi connectivity index (χ1) is 17.7. The SMILES string of the molecule is Cc1ccc(C)c(C[C@H](C)Nc2cc[nH]c(=O)c2-c2nc3cc4c(cc3[nH]2)CN(CCN(C)C)C4=O)c1. The number of H-pyrrole nitrogens is 2. The summed E-state index contributed by atoms with van der Waals surface area (Å²) in [6, 6.07) is 12.3. The third kappa shape index (κ3) is 5.02. The van der Waals surface area contributed by atoms with Crippen LogP contribution in [0, 0.1) is 13.8 Å². The van der Waals surface area contributed by atoms with E-state index >= 15 is 0 Å². The van der Waals surface area contributed by atoms with E-state index in [1.54, 1.807) is 6.20 Å². The zero-order valence-electron chi connectivity index (χ0n) is 22.1. The number of imidazole rings is 1. The van der Waals surface area contributed by atoms with Crippen LogP contribution >= 0.6 is 0 Å². The molecule has 5 rings (SSSR count). The fraction of sp³-hybridized carbons (Fsp3) is 0.345. The van der Waals surface area contributed by atoms with Gasteiger partial charge in [-0.1, -0.05) is 23.8 Å². The Bertz CT molecular complexity index is 1530. The molecule has 0 aliphatic carbocycles. The third-order valence-corrected chi connectivity index (χ3v) is 7.03. The summed E-state index contributed by atoms with van der Waals surface area (Å²) in [5.41, 5.74) is 7.90. The normalized spacial score (nSPS) is 14.0. The lowest BCUT2D eigenvalue weighted by atomic mass is 9.99. The molecule has 8 nitrogen and oxygen atoms in total. The second kappa shape index (κ2) is 9.86. The fourth-order valence-corrected chi connectivity index (χ4v) is 5.00. The van der Waals surface area contributed by atoms with Gasteiger partial charge in [-0.25, -0.2) is 4.98 Å². The van der Waals surface area contributed by atoms with Crippen LogP contribution in [0.2, 0.25) is 0 Å². The predicted octanol–water partition coefficient (Wildman–Crippen LogP) is 4.10. The predicted molar refractivity (Wildman–Crippen MR) is 148 cm³/mol. The van der Waals surface area contributed by atoms with Crippen molar-refractivity contribution in [2.45, 2.75) is 39.8 Å². The van der Waals surface area contributed by atoms with Crippen LogP contribution in [0.25, 0.3) is 22.4 Å². The van der Waals surface area contributed by atoms with Crippen molar-refractivity contribution in [3.05, 3.63) is 80.8 Å². The number of aryl methyl sites for hydroxylation is 2. The standard InChI is InChI=1S/C29H34N6O2/c1-17-6-7-18(2)20(12-17)13-19(3)31-23-8-9-30-28(36)26(23)27-32-24-14-21-16-35(11-10-34(4)5)29(37)22(21)15-25(24)33-27/h6-9,12,14-15,19H,10-11,13,16H2,1-5H3,(H,32,33)(H2,30,31,36)/t19-/m0/s1. The molecule has 192 valence electrons. The van der Waals surface area contributed by atoms with Gasteiger partial charge in [-0.05, 0) is 76.2 Å². The van der Waals surface area contributed by atoms with Crippen molar-refractivity contribution >= 4 is 22.6 Å². The van der Waals surface area contributed by atoms with E-state index in [0.717, 1.165) is 29.7 Å². The highest BCUT2D eigenvalue weighted by atomic mass is 16.2. The number of nitrogens with one attached hydrogen (secondary N) is 3. The smallest absolute Gasteiger partial charge is 0.261 e. The molecule has 1 atom stereocenters. The minimum absolute atomic E-state index is 0.0310. The van der Waals surface area contributed by atoms with Gasteiger partial charge in [0.05, 0.1) is 16.7 Å². The zero-order valence-corrected chi connectivity index (χ0v) is 22.1. The third-order valence-electron chi connectivity index (χ3n) is 7.03. The number of amides is 1. The Morgan fingerprint density at radius 2 is 1.95 bits per heavy atom. The van der Waals surface area contributed by atoms with Crippen LogP contribution in [0.3, 0.4) is 0 Å². The van der Waals surface area contributed by atoms with Crippen molar-refractivity contribution in [3.63, 3.8) is 0 Å². The van der Waals surface area contributed by atoms with Gasteiger partial charge in [0.1, 0.15) is 11.4 Å². The topological polar surface area (TPSA) is 97.1 Å². The quantitative estimate of drug-likeness (QED) is 0.340. The molecule has 0 fully saturated rings. The summed E-state index contributed by atoms with van der Waals surface area (Å²) in [5, 5.41) is 3.53. The number of aromatic amines is 2. The molecule has 3 N–H and O–H groups in total.